The first-order chi connectivity index (χ1) is 11.3. The summed E-state index contributed by atoms with van der Waals surface area (Å²) in [5, 5.41) is 3.64. The minimum absolute atomic E-state index is 0.198. The second kappa shape index (κ2) is 7.14. The monoisotopic (exact) mass is 306 g/mol. The molecule has 1 aliphatic heterocycles. The summed E-state index contributed by atoms with van der Waals surface area (Å²) < 4.78 is 5.66. The number of hydrogen-bond acceptors (Lipinski definition) is 3. The quantitative estimate of drug-likeness (QED) is 0.898. The number of ether oxygens (including phenoxy) is 1. The van der Waals surface area contributed by atoms with Crippen LogP contribution < -0.4 is 5.32 Å². The summed E-state index contributed by atoms with van der Waals surface area (Å²) in [5.74, 6) is 0.747. The summed E-state index contributed by atoms with van der Waals surface area (Å²) in [7, 11) is 0. The van der Waals surface area contributed by atoms with E-state index in [0.29, 0.717) is 6.61 Å². The maximum Gasteiger partial charge on any atom is 0.213 e. The zero-order chi connectivity index (χ0) is 16.1. The van der Waals surface area contributed by atoms with Crippen LogP contribution in [0.15, 0.2) is 71.2 Å². The van der Waals surface area contributed by atoms with Gasteiger partial charge in [-0.05, 0) is 25.0 Å². The van der Waals surface area contributed by atoms with Gasteiger partial charge in [0.05, 0.1) is 12.2 Å². The molecule has 0 saturated heterocycles. The Hall–Kier alpha value is -2.55. The Morgan fingerprint density at radius 1 is 1.04 bits per heavy atom. The van der Waals surface area contributed by atoms with E-state index >= 15 is 0 Å². The maximum atomic E-state index is 5.66. The maximum absolute atomic E-state index is 5.66. The Bertz CT molecular complexity index is 705. The van der Waals surface area contributed by atoms with Crippen LogP contribution in [0, 0.1) is 0 Å². The lowest BCUT2D eigenvalue weighted by Gasteiger charge is -2.21. The van der Waals surface area contributed by atoms with E-state index in [9.17, 15) is 0 Å². The zero-order valence-electron chi connectivity index (χ0n) is 13.6. The number of nitrogens with one attached hydrogen (secondary N) is 1. The van der Waals surface area contributed by atoms with Gasteiger partial charge in [0.25, 0.3) is 0 Å². The van der Waals surface area contributed by atoms with Gasteiger partial charge in [-0.3, -0.25) is 0 Å². The Labute approximate surface area is 137 Å². The lowest BCUT2D eigenvalue weighted by Crippen LogP contribution is -2.20. The molecule has 1 N–H and O–H groups in total. The summed E-state index contributed by atoms with van der Waals surface area (Å²) in [5.41, 5.74) is 4.52. The van der Waals surface area contributed by atoms with Gasteiger partial charge in [0.15, 0.2) is 0 Å². The summed E-state index contributed by atoms with van der Waals surface area (Å²) in [4.78, 5) is 4.46. The molecule has 2 aromatic carbocycles. The second-order valence-corrected chi connectivity index (χ2v) is 5.68. The predicted molar refractivity (Wildman–Crippen MR) is 95.3 cm³/mol. The number of nitrogens with zero attached hydrogens (tertiary/aromatic N) is 1. The van der Waals surface area contributed by atoms with Gasteiger partial charge >= 0.3 is 0 Å². The van der Waals surface area contributed by atoms with Crippen LogP contribution in [0.3, 0.4) is 0 Å². The largest absolute Gasteiger partial charge is 0.476 e. The predicted octanol–water partition coefficient (Wildman–Crippen LogP) is 4.20. The highest BCUT2D eigenvalue weighted by Crippen LogP contribution is 2.23. The molecule has 1 heterocycles. The molecule has 0 bridgehead atoms. The molecule has 1 atom stereocenters. The molecule has 0 aromatic heterocycles. The van der Waals surface area contributed by atoms with Crippen LogP contribution in [-0.2, 0) is 4.74 Å². The lowest BCUT2D eigenvalue weighted by molar-refractivity contribution is 0.347. The molecule has 3 nitrogen and oxygen atoms in total. The van der Waals surface area contributed by atoms with Crippen molar-refractivity contribution in [2.24, 2.45) is 4.99 Å². The van der Waals surface area contributed by atoms with Crippen LogP contribution in [0.5, 0.6) is 0 Å². The minimum atomic E-state index is 0.198. The summed E-state index contributed by atoms with van der Waals surface area (Å²) in [6.07, 6.45) is 0. The molecule has 0 radical (unpaired) electrons. The van der Waals surface area contributed by atoms with Crippen molar-refractivity contribution in [3.8, 4) is 0 Å². The number of hydrogen-bond donors (Lipinski definition) is 1. The molecule has 0 aliphatic carbocycles. The molecule has 0 saturated carbocycles. The van der Waals surface area contributed by atoms with E-state index in [-0.39, 0.29) is 6.04 Å². The molecule has 0 unspecified atom stereocenters. The van der Waals surface area contributed by atoms with Crippen molar-refractivity contribution in [2.75, 3.05) is 13.2 Å². The fraction of sp³-hybridized carbons (Fsp3) is 0.250. The third-order valence-corrected chi connectivity index (χ3v) is 4.00. The second-order valence-electron chi connectivity index (χ2n) is 5.68. The van der Waals surface area contributed by atoms with Crippen LogP contribution in [0.25, 0.3) is 5.70 Å². The number of aliphatic imine (C=N–C) groups is 1. The minimum Gasteiger partial charge on any atom is -0.476 e. The molecule has 0 fully saturated rings. The van der Waals surface area contributed by atoms with Gasteiger partial charge < -0.3 is 10.1 Å². The first-order valence-corrected chi connectivity index (χ1v) is 8.01. The van der Waals surface area contributed by atoms with E-state index in [4.69, 9.17) is 4.74 Å². The van der Waals surface area contributed by atoms with E-state index in [1.807, 2.05) is 12.1 Å². The first-order valence-electron chi connectivity index (χ1n) is 8.01. The Kier molecular flexibility index (Phi) is 4.77. The zero-order valence-corrected chi connectivity index (χ0v) is 13.6. The average Bonchev–Trinajstić information content (AvgIpc) is 3.15. The van der Waals surface area contributed by atoms with Crippen molar-refractivity contribution in [1.82, 2.24) is 5.32 Å². The number of rotatable bonds is 5. The van der Waals surface area contributed by atoms with E-state index < -0.39 is 0 Å². The Balaban J connectivity index is 1.94. The number of benzene rings is 2. The highest BCUT2D eigenvalue weighted by atomic mass is 16.5. The summed E-state index contributed by atoms with van der Waals surface area (Å²) in [6, 6.07) is 21.0. The van der Waals surface area contributed by atoms with E-state index in [1.54, 1.807) is 0 Å². The van der Waals surface area contributed by atoms with Crippen LogP contribution in [-0.4, -0.2) is 19.0 Å². The topological polar surface area (TPSA) is 33.6 Å². The van der Waals surface area contributed by atoms with Crippen molar-refractivity contribution < 1.29 is 4.74 Å². The standard InChI is InChI=1S/C20H22N2O/c1-15(20-21-13-14-23-20)19(18-11-7-4-8-12-18)22-16(2)17-9-5-3-6-10-17/h3-12,16,22H,13-14H2,1-2H3/b19-15+/t16-/m1/s1. The molecule has 23 heavy (non-hydrogen) atoms. The third kappa shape index (κ3) is 3.62. The molecule has 0 amide bonds. The van der Waals surface area contributed by atoms with Crippen molar-refractivity contribution in [2.45, 2.75) is 19.9 Å². The van der Waals surface area contributed by atoms with Crippen LogP contribution in [0.4, 0.5) is 0 Å². The normalized spacial score (nSPS) is 16.2. The van der Waals surface area contributed by atoms with Gasteiger partial charge in [0.2, 0.25) is 5.90 Å². The van der Waals surface area contributed by atoms with Crippen molar-refractivity contribution in [3.05, 3.63) is 77.4 Å². The smallest absolute Gasteiger partial charge is 0.213 e. The third-order valence-electron chi connectivity index (χ3n) is 4.00. The fourth-order valence-electron chi connectivity index (χ4n) is 2.72. The van der Waals surface area contributed by atoms with Crippen molar-refractivity contribution >= 4 is 11.6 Å². The summed E-state index contributed by atoms with van der Waals surface area (Å²) in [6.45, 7) is 5.64. The highest BCUT2D eigenvalue weighted by molar-refractivity contribution is 6.01. The van der Waals surface area contributed by atoms with Crippen LogP contribution >= 0.6 is 0 Å². The average molecular weight is 306 g/mol. The molecule has 2 aromatic rings. The van der Waals surface area contributed by atoms with Gasteiger partial charge in [-0.25, -0.2) is 4.99 Å². The molecule has 118 valence electrons. The van der Waals surface area contributed by atoms with Gasteiger partial charge in [-0.15, -0.1) is 0 Å². The molecule has 1 aliphatic rings. The molecule has 3 rings (SSSR count). The fourth-order valence-corrected chi connectivity index (χ4v) is 2.72. The molecular weight excluding hydrogens is 284 g/mol. The molecule has 0 spiro atoms. The van der Waals surface area contributed by atoms with Crippen LogP contribution in [0.1, 0.15) is 31.0 Å². The van der Waals surface area contributed by atoms with Crippen LogP contribution in [0.2, 0.25) is 0 Å². The Morgan fingerprint density at radius 3 is 2.30 bits per heavy atom. The van der Waals surface area contributed by atoms with Gasteiger partial charge in [-0.2, -0.15) is 0 Å². The highest BCUT2D eigenvalue weighted by Gasteiger charge is 2.17. The van der Waals surface area contributed by atoms with Crippen molar-refractivity contribution in [1.29, 1.82) is 0 Å². The van der Waals surface area contributed by atoms with Gasteiger partial charge in [0, 0.05) is 11.6 Å². The SMILES string of the molecule is C/C(C1=NCCO1)=C(\N[C@H](C)c1ccccc1)c1ccccc1. The van der Waals surface area contributed by atoms with Crippen molar-refractivity contribution in [3.63, 3.8) is 0 Å². The lowest BCUT2D eigenvalue weighted by atomic mass is 10.0. The Morgan fingerprint density at radius 2 is 1.70 bits per heavy atom. The molecule has 3 heteroatoms. The van der Waals surface area contributed by atoms with Gasteiger partial charge in [0.1, 0.15) is 6.61 Å². The first kappa shape index (κ1) is 15.3. The molecular formula is C20H22N2O. The van der Waals surface area contributed by atoms with E-state index in [1.165, 1.54) is 5.56 Å². The van der Waals surface area contributed by atoms with E-state index in [0.717, 1.165) is 29.3 Å². The summed E-state index contributed by atoms with van der Waals surface area (Å²) >= 11 is 0. The van der Waals surface area contributed by atoms with E-state index in [2.05, 4.69) is 72.7 Å². The van der Waals surface area contributed by atoms with Gasteiger partial charge in [-0.1, -0.05) is 60.7 Å².